The summed E-state index contributed by atoms with van der Waals surface area (Å²) in [7, 11) is 1.71. The molecule has 0 amide bonds. The number of methoxy groups -OCH3 is 1. The van der Waals surface area contributed by atoms with Crippen molar-refractivity contribution in [3.05, 3.63) is 34.3 Å². The molecule has 0 aliphatic rings. The largest absolute Gasteiger partial charge is 0.409 e. The first-order chi connectivity index (χ1) is 9.89. The summed E-state index contributed by atoms with van der Waals surface area (Å²) in [5, 5.41) is 15.6. The second-order valence-electron chi connectivity index (χ2n) is 5.80. The van der Waals surface area contributed by atoms with Gasteiger partial charge >= 0.3 is 0 Å². The van der Waals surface area contributed by atoms with E-state index in [0.29, 0.717) is 17.1 Å². The molecule has 0 aliphatic carbocycles. The van der Waals surface area contributed by atoms with E-state index >= 15 is 0 Å². The SMILES string of the molecule is COCCC(C)(C)CNCc1ccc(/C(N)=N/O)cc1Cl. The van der Waals surface area contributed by atoms with Crippen LogP contribution < -0.4 is 11.1 Å². The van der Waals surface area contributed by atoms with Crippen molar-refractivity contribution < 1.29 is 9.94 Å². The normalized spacial score (nSPS) is 12.7. The van der Waals surface area contributed by atoms with E-state index in [1.807, 2.05) is 6.07 Å². The molecule has 0 saturated heterocycles. The van der Waals surface area contributed by atoms with Crippen molar-refractivity contribution in [3.8, 4) is 0 Å². The van der Waals surface area contributed by atoms with E-state index < -0.39 is 0 Å². The maximum absolute atomic E-state index is 8.65. The number of hydrogen-bond donors (Lipinski definition) is 3. The van der Waals surface area contributed by atoms with Gasteiger partial charge in [0.2, 0.25) is 0 Å². The molecule has 0 radical (unpaired) electrons. The second-order valence-corrected chi connectivity index (χ2v) is 6.21. The molecule has 21 heavy (non-hydrogen) atoms. The van der Waals surface area contributed by atoms with E-state index in [0.717, 1.165) is 25.1 Å². The smallest absolute Gasteiger partial charge is 0.170 e. The Morgan fingerprint density at radius 2 is 2.19 bits per heavy atom. The predicted octanol–water partition coefficient (Wildman–Crippen LogP) is 2.59. The minimum Gasteiger partial charge on any atom is -0.409 e. The quantitative estimate of drug-likeness (QED) is 0.298. The number of amidine groups is 1. The average molecular weight is 314 g/mol. The van der Waals surface area contributed by atoms with Gasteiger partial charge in [-0.15, -0.1) is 0 Å². The highest BCUT2D eigenvalue weighted by atomic mass is 35.5. The van der Waals surface area contributed by atoms with Gasteiger partial charge in [-0.2, -0.15) is 0 Å². The van der Waals surface area contributed by atoms with Gasteiger partial charge in [-0.05, 0) is 23.5 Å². The van der Waals surface area contributed by atoms with Crippen LogP contribution in [-0.4, -0.2) is 31.3 Å². The molecule has 0 heterocycles. The average Bonchev–Trinajstić information content (AvgIpc) is 2.46. The number of halogens is 1. The van der Waals surface area contributed by atoms with Crippen molar-refractivity contribution in [3.63, 3.8) is 0 Å². The van der Waals surface area contributed by atoms with Crippen molar-refractivity contribution in [1.82, 2.24) is 5.32 Å². The molecule has 0 bridgehead atoms. The monoisotopic (exact) mass is 313 g/mol. The van der Waals surface area contributed by atoms with E-state index in [2.05, 4.69) is 24.3 Å². The topological polar surface area (TPSA) is 79.9 Å². The van der Waals surface area contributed by atoms with E-state index in [9.17, 15) is 0 Å². The van der Waals surface area contributed by atoms with E-state index in [1.54, 1.807) is 19.2 Å². The lowest BCUT2D eigenvalue weighted by Crippen LogP contribution is -2.30. The number of rotatable bonds is 8. The highest BCUT2D eigenvalue weighted by Crippen LogP contribution is 2.21. The number of nitrogens with two attached hydrogens (primary N) is 1. The minimum absolute atomic E-state index is 0.0529. The fourth-order valence-electron chi connectivity index (χ4n) is 1.91. The van der Waals surface area contributed by atoms with Crippen molar-refractivity contribution in [2.45, 2.75) is 26.8 Å². The summed E-state index contributed by atoms with van der Waals surface area (Å²) < 4.78 is 5.12. The lowest BCUT2D eigenvalue weighted by molar-refractivity contribution is 0.150. The van der Waals surface area contributed by atoms with Crippen LogP contribution in [0.2, 0.25) is 5.02 Å². The Labute approximate surface area is 131 Å². The molecule has 1 aromatic rings. The van der Waals surface area contributed by atoms with Crippen LogP contribution in [0.15, 0.2) is 23.4 Å². The fraction of sp³-hybridized carbons (Fsp3) is 0.533. The third kappa shape index (κ3) is 5.91. The zero-order valence-electron chi connectivity index (χ0n) is 12.8. The molecule has 4 N–H and O–H groups in total. The predicted molar refractivity (Wildman–Crippen MR) is 85.9 cm³/mol. The number of benzene rings is 1. The third-order valence-corrected chi connectivity index (χ3v) is 3.71. The summed E-state index contributed by atoms with van der Waals surface area (Å²) >= 11 is 6.21. The van der Waals surface area contributed by atoms with Crippen LogP contribution in [0.3, 0.4) is 0 Å². The number of oxime groups is 1. The van der Waals surface area contributed by atoms with Gasteiger partial charge in [0.1, 0.15) is 0 Å². The number of nitrogens with one attached hydrogen (secondary N) is 1. The van der Waals surface area contributed by atoms with Crippen LogP contribution in [0.5, 0.6) is 0 Å². The lowest BCUT2D eigenvalue weighted by atomic mass is 9.89. The highest BCUT2D eigenvalue weighted by Gasteiger charge is 2.17. The van der Waals surface area contributed by atoms with Gasteiger partial charge < -0.3 is 21.0 Å². The number of nitrogens with zero attached hydrogens (tertiary/aromatic N) is 1. The van der Waals surface area contributed by atoms with Crippen LogP contribution in [0.25, 0.3) is 0 Å². The van der Waals surface area contributed by atoms with Gasteiger partial charge in [0, 0.05) is 37.4 Å². The number of hydrogen-bond acceptors (Lipinski definition) is 4. The van der Waals surface area contributed by atoms with Crippen LogP contribution in [0.4, 0.5) is 0 Å². The lowest BCUT2D eigenvalue weighted by Gasteiger charge is -2.24. The Morgan fingerprint density at radius 3 is 2.76 bits per heavy atom. The zero-order chi connectivity index (χ0) is 15.9. The van der Waals surface area contributed by atoms with Gasteiger partial charge in [0.15, 0.2) is 5.84 Å². The molecule has 1 rings (SSSR count). The zero-order valence-corrected chi connectivity index (χ0v) is 13.6. The van der Waals surface area contributed by atoms with Crippen molar-refractivity contribution >= 4 is 17.4 Å². The van der Waals surface area contributed by atoms with E-state index in [1.165, 1.54) is 0 Å². The molecule has 0 aliphatic heterocycles. The van der Waals surface area contributed by atoms with E-state index in [-0.39, 0.29) is 11.3 Å². The highest BCUT2D eigenvalue weighted by molar-refractivity contribution is 6.31. The molecule has 0 fully saturated rings. The Bertz CT molecular complexity index is 490. The molecule has 5 nitrogen and oxygen atoms in total. The first-order valence-corrected chi connectivity index (χ1v) is 7.23. The molecule has 0 spiro atoms. The Kier molecular flexibility index (Phi) is 6.95. The van der Waals surface area contributed by atoms with Crippen LogP contribution in [-0.2, 0) is 11.3 Å². The maximum atomic E-state index is 8.65. The molecule has 118 valence electrons. The molecular formula is C15H24ClN3O2. The molecule has 0 saturated carbocycles. The first-order valence-electron chi connectivity index (χ1n) is 6.85. The standard InChI is InChI=1S/C15H24ClN3O2/c1-15(2,6-7-21-3)10-18-9-12-5-4-11(8-13(12)16)14(17)19-20/h4-5,8,18,20H,6-7,9-10H2,1-3H3,(H2,17,19). The third-order valence-electron chi connectivity index (χ3n) is 3.36. The summed E-state index contributed by atoms with van der Waals surface area (Å²) in [6.45, 7) is 6.69. The van der Waals surface area contributed by atoms with Gasteiger partial charge in [-0.1, -0.05) is 42.7 Å². The van der Waals surface area contributed by atoms with Crippen molar-refractivity contribution in [1.29, 1.82) is 0 Å². The summed E-state index contributed by atoms with van der Waals surface area (Å²) in [5.74, 6) is 0.0529. The molecule has 1 aromatic carbocycles. The molecule has 0 unspecified atom stereocenters. The summed E-state index contributed by atoms with van der Waals surface area (Å²) in [6, 6.07) is 5.36. The summed E-state index contributed by atoms with van der Waals surface area (Å²) in [4.78, 5) is 0. The molecule has 6 heteroatoms. The van der Waals surface area contributed by atoms with Crippen LogP contribution in [0, 0.1) is 5.41 Å². The Hall–Kier alpha value is -1.30. The van der Waals surface area contributed by atoms with Crippen molar-refractivity contribution in [2.24, 2.45) is 16.3 Å². The second kappa shape index (κ2) is 8.22. The van der Waals surface area contributed by atoms with Crippen LogP contribution >= 0.6 is 11.6 Å². The van der Waals surface area contributed by atoms with Crippen molar-refractivity contribution in [2.75, 3.05) is 20.3 Å². The maximum Gasteiger partial charge on any atom is 0.170 e. The Morgan fingerprint density at radius 1 is 1.48 bits per heavy atom. The number of ether oxygens (including phenoxy) is 1. The van der Waals surface area contributed by atoms with Gasteiger partial charge in [-0.25, -0.2) is 0 Å². The minimum atomic E-state index is 0.0529. The van der Waals surface area contributed by atoms with Gasteiger partial charge in [-0.3, -0.25) is 0 Å². The first kappa shape index (κ1) is 17.8. The summed E-state index contributed by atoms with van der Waals surface area (Å²) in [5.41, 5.74) is 7.28. The van der Waals surface area contributed by atoms with E-state index in [4.69, 9.17) is 27.3 Å². The van der Waals surface area contributed by atoms with Gasteiger partial charge in [0.25, 0.3) is 0 Å². The summed E-state index contributed by atoms with van der Waals surface area (Å²) in [6.07, 6.45) is 0.993. The fourth-order valence-corrected chi connectivity index (χ4v) is 2.16. The Balaban J connectivity index is 2.56. The van der Waals surface area contributed by atoms with Crippen LogP contribution in [0.1, 0.15) is 31.4 Å². The van der Waals surface area contributed by atoms with Gasteiger partial charge in [0.05, 0.1) is 0 Å². The molecule has 0 atom stereocenters. The molecular weight excluding hydrogens is 290 g/mol. The molecule has 0 aromatic heterocycles.